The van der Waals surface area contributed by atoms with Gasteiger partial charge in [0.25, 0.3) is 5.91 Å². The van der Waals surface area contributed by atoms with Gasteiger partial charge in [0, 0.05) is 18.2 Å². The van der Waals surface area contributed by atoms with Gasteiger partial charge in [-0.2, -0.15) is 0 Å². The minimum atomic E-state index is 0.259. The zero-order valence-corrected chi connectivity index (χ0v) is 11.8. The second-order valence-electron chi connectivity index (χ2n) is 6.07. The highest BCUT2D eigenvalue weighted by Crippen LogP contribution is 2.36. The van der Waals surface area contributed by atoms with Crippen molar-refractivity contribution in [2.45, 2.75) is 51.5 Å². The van der Waals surface area contributed by atoms with Crippen molar-refractivity contribution in [2.75, 3.05) is 6.54 Å². The fraction of sp³-hybridized carbons (Fsp3) is 0.588. The van der Waals surface area contributed by atoms with Crippen LogP contribution in [0.5, 0.6) is 0 Å². The molecule has 2 unspecified atom stereocenters. The molecule has 0 spiro atoms. The van der Waals surface area contributed by atoms with Crippen molar-refractivity contribution in [3.63, 3.8) is 0 Å². The van der Waals surface area contributed by atoms with Crippen LogP contribution in [0.2, 0.25) is 0 Å². The molecular weight excluding hydrogens is 234 g/mol. The molecular formula is C17H23NO. The Kier molecular flexibility index (Phi) is 3.58. The number of fused-ring (bicyclic) bond motifs is 1. The van der Waals surface area contributed by atoms with Gasteiger partial charge < -0.3 is 4.90 Å². The molecule has 0 N–H and O–H groups in total. The standard InChI is InChI=1S/C17H23NO/c1-13-7-2-4-10-15(13)17(19)18-12-6-9-14-8-3-5-11-16(14)18/h2,4,7,10,14,16H,3,5-6,8-9,11-12H2,1H3. The van der Waals surface area contributed by atoms with Gasteiger partial charge in [0.2, 0.25) is 0 Å². The number of piperidine rings is 1. The summed E-state index contributed by atoms with van der Waals surface area (Å²) in [6, 6.07) is 8.50. The van der Waals surface area contributed by atoms with Crippen molar-refractivity contribution in [1.29, 1.82) is 0 Å². The van der Waals surface area contributed by atoms with Gasteiger partial charge in [-0.15, -0.1) is 0 Å². The van der Waals surface area contributed by atoms with Crippen molar-refractivity contribution in [3.05, 3.63) is 35.4 Å². The van der Waals surface area contributed by atoms with Gasteiger partial charge >= 0.3 is 0 Å². The van der Waals surface area contributed by atoms with Crippen molar-refractivity contribution in [1.82, 2.24) is 4.90 Å². The Morgan fingerprint density at radius 3 is 2.68 bits per heavy atom. The molecule has 2 nitrogen and oxygen atoms in total. The number of carbonyl (C=O) groups excluding carboxylic acids is 1. The van der Waals surface area contributed by atoms with Crippen LogP contribution in [-0.4, -0.2) is 23.4 Å². The molecule has 1 aliphatic carbocycles. The molecule has 2 aliphatic rings. The van der Waals surface area contributed by atoms with Crippen LogP contribution in [-0.2, 0) is 0 Å². The first kappa shape index (κ1) is 12.7. The lowest BCUT2D eigenvalue weighted by molar-refractivity contribution is 0.0390. The third kappa shape index (κ3) is 2.41. The molecule has 0 bridgehead atoms. The van der Waals surface area contributed by atoms with Crippen LogP contribution in [0.4, 0.5) is 0 Å². The normalized spacial score (nSPS) is 26.9. The second kappa shape index (κ2) is 5.36. The third-order valence-electron chi connectivity index (χ3n) is 4.88. The van der Waals surface area contributed by atoms with Crippen molar-refractivity contribution in [3.8, 4) is 0 Å². The van der Waals surface area contributed by atoms with E-state index in [1.165, 1.54) is 38.5 Å². The van der Waals surface area contributed by atoms with E-state index < -0.39 is 0 Å². The lowest BCUT2D eigenvalue weighted by Crippen LogP contribution is -2.49. The van der Waals surface area contributed by atoms with Gasteiger partial charge in [0.1, 0.15) is 0 Å². The molecule has 3 rings (SSSR count). The van der Waals surface area contributed by atoms with Crippen LogP contribution in [0, 0.1) is 12.8 Å². The summed E-state index contributed by atoms with van der Waals surface area (Å²) in [6.07, 6.45) is 7.68. The maximum Gasteiger partial charge on any atom is 0.254 e. The number of amides is 1. The van der Waals surface area contributed by atoms with Gasteiger partial charge in [0.15, 0.2) is 0 Å². The predicted octanol–water partition coefficient (Wildman–Crippen LogP) is 3.79. The lowest BCUT2D eigenvalue weighted by atomic mass is 9.78. The van der Waals surface area contributed by atoms with Gasteiger partial charge in [-0.25, -0.2) is 0 Å². The smallest absolute Gasteiger partial charge is 0.254 e. The minimum Gasteiger partial charge on any atom is -0.335 e. The number of rotatable bonds is 1. The largest absolute Gasteiger partial charge is 0.335 e. The average Bonchev–Trinajstić information content (AvgIpc) is 2.46. The van der Waals surface area contributed by atoms with E-state index in [2.05, 4.69) is 4.90 Å². The Morgan fingerprint density at radius 2 is 1.84 bits per heavy atom. The highest BCUT2D eigenvalue weighted by molar-refractivity contribution is 5.95. The van der Waals surface area contributed by atoms with Crippen molar-refractivity contribution >= 4 is 5.91 Å². The van der Waals surface area contributed by atoms with Crippen LogP contribution in [0.15, 0.2) is 24.3 Å². The molecule has 2 atom stereocenters. The monoisotopic (exact) mass is 257 g/mol. The van der Waals surface area contributed by atoms with E-state index >= 15 is 0 Å². The third-order valence-corrected chi connectivity index (χ3v) is 4.88. The van der Waals surface area contributed by atoms with Crippen LogP contribution < -0.4 is 0 Å². The molecule has 1 saturated heterocycles. The zero-order valence-electron chi connectivity index (χ0n) is 11.8. The van der Waals surface area contributed by atoms with Gasteiger partial charge in [-0.1, -0.05) is 31.0 Å². The maximum atomic E-state index is 12.8. The number of aryl methyl sites for hydroxylation is 1. The number of hydrogen-bond donors (Lipinski definition) is 0. The van der Waals surface area contributed by atoms with Gasteiger partial charge in [-0.3, -0.25) is 4.79 Å². The summed E-state index contributed by atoms with van der Waals surface area (Å²) in [4.78, 5) is 15.0. The Bertz CT molecular complexity index is 466. The first-order valence-corrected chi connectivity index (χ1v) is 7.64. The number of hydrogen-bond acceptors (Lipinski definition) is 1. The first-order chi connectivity index (χ1) is 9.27. The molecule has 1 aromatic rings. The SMILES string of the molecule is Cc1ccccc1C(=O)N1CCCC2CCCCC21. The topological polar surface area (TPSA) is 20.3 Å². The molecule has 102 valence electrons. The Morgan fingerprint density at radius 1 is 1.11 bits per heavy atom. The lowest BCUT2D eigenvalue weighted by Gasteiger charge is -2.44. The molecule has 1 aliphatic heterocycles. The Hall–Kier alpha value is -1.31. The van der Waals surface area contributed by atoms with E-state index in [9.17, 15) is 4.79 Å². The summed E-state index contributed by atoms with van der Waals surface area (Å²) in [6.45, 7) is 2.99. The number of benzene rings is 1. The molecule has 0 radical (unpaired) electrons. The molecule has 1 heterocycles. The van der Waals surface area contributed by atoms with Gasteiger partial charge in [-0.05, 0) is 50.2 Å². The number of likely N-dealkylation sites (tertiary alicyclic amines) is 1. The van der Waals surface area contributed by atoms with Crippen LogP contribution in [0.1, 0.15) is 54.4 Å². The van der Waals surface area contributed by atoms with Crippen LogP contribution in [0.3, 0.4) is 0 Å². The summed E-state index contributed by atoms with van der Waals surface area (Å²) in [5.41, 5.74) is 2.00. The highest BCUT2D eigenvalue weighted by Gasteiger charge is 2.36. The molecule has 2 heteroatoms. The van der Waals surface area contributed by atoms with Crippen molar-refractivity contribution in [2.24, 2.45) is 5.92 Å². The summed E-state index contributed by atoms with van der Waals surface area (Å²) < 4.78 is 0. The van der Waals surface area contributed by atoms with E-state index in [4.69, 9.17) is 0 Å². The van der Waals surface area contributed by atoms with Crippen molar-refractivity contribution < 1.29 is 4.79 Å². The molecule has 0 aromatic heterocycles. The molecule has 1 amide bonds. The van der Waals surface area contributed by atoms with E-state index in [1.54, 1.807) is 0 Å². The molecule has 1 aromatic carbocycles. The minimum absolute atomic E-state index is 0.259. The molecule has 1 saturated carbocycles. The summed E-state index contributed by atoms with van der Waals surface area (Å²) in [5, 5.41) is 0. The zero-order chi connectivity index (χ0) is 13.2. The summed E-state index contributed by atoms with van der Waals surface area (Å²) in [5.74, 6) is 1.02. The molecule has 19 heavy (non-hydrogen) atoms. The summed E-state index contributed by atoms with van der Waals surface area (Å²) >= 11 is 0. The summed E-state index contributed by atoms with van der Waals surface area (Å²) in [7, 11) is 0. The van der Waals surface area contributed by atoms with E-state index in [0.29, 0.717) is 6.04 Å². The fourth-order valence-corrected chi connectivity index (χ4v) is 3.84. The average molecular weight is 257 g/mol. The Labute approximate surface area is 115 Å². The molecule has 2 fully saturated rings. The second-order valence-corrected chi connectivity index (χ2v) is 6.07. The van der Waals surface area contributed by atoms with E-state index in [-0.39, 0.29) is 5.91 Å². The number of nitrogens with zero attached hydrogens (tertiary/aromatic N) is 1. The van der Waals surface area contributed by atoms with Crippen LogP contribution >= 0.6 is 0 Å². The number of carbonyl (C=O) groups is 1. The van der Waals surface area contributed by atoms with E-state index in [0.717, 1.165) is 23.6 Å². The Balaban J connectivity index is 1.84. The van der Waals surface area contributed by atoms with Crippen LogP contribution in [0.25, 0.3) is 0 Å². The first-order valence-electron chi connectivity index (χ1n) is 7.64. The highest BCUT2D eigenvalue weighted by atomic mass is 16.2. The maximum absolute atomic E-state index is 12.8. The quantitative estimate of drug-likeness (QED) is 0.749. The van der Waals surface area contributed by atoms with Gasteiger partial charge in [0.05, 0.1) is 0 Å². The predicted molar refractivity (Wildman–Crippen MR) is 77.2 cm³/mol. The fourth-order valence-electron chi connectivity index (χ4n) is 3.84. The van der Waals surface area contributed by atoms with E-state index in [1.807, 2.05) is 31.2 Å².